The largest absolute Gasteiger partial charge is 0.454 e. The summed E-state index contributed by atoms with van der Waals surface area (Å²) in [4.78, 5) is 29.6. The van der Waals surface area contributed by atoms with Crippen LogP contribution in [0.5, 0.6) is 11.5 Å². The summed E-state index contributed by atoms with van der Waals surface area (Å²) in [7, 11) is 0. The van der Waals surface area contributed by atoms with Gasteiger partial charge in [0.25, 0.3) is 0 Å². The van der Waals surface area contributed by atoms with Crippen LogP contribution in [-0.2, 0) is 16.1 Å². The molecule has 2 heterocycles. The maximum Gasteiger partial charge on any atom is 0.237 e. The Morgan fingerprint density at radius 1 is 1.12 bits per heavy atom. The van der Waals surface area contributed by atoms with E-state index in [2.05, 4.69) is 17.1 Å². The SMILES string of the molecule is CCN1CCN(C(=O)C(C)(C)C(=O)NCc2ccc3c(c2)OCO3)CC1. The Bertz CT molecular complexity index is 681. The Hall–Kier alpha value is -2.28. The highest BCUT2D eigenvalue weighted by molar-refractivity contribution is 6.04. The van der Waals surface area contributed by atoms with E-state index in [-0.39, 0.29) is 18.6 Å². The normalized spacial score (nSPS) is 17.3. The van der Waals surface area contributed by atoms with E-state index in [0.717, 1.165) is 25.2 Å². The molecule has 7 heteroatoms. The Morgan fingerprint density at radius 3 is 2.50 bits per heavy atom. The zero-order valence-electron chi connectivity index (χ0n) is 15.7. The standard InChI is InChI=1S/C19H27N3O4/c1-4-21-7-9-22(10-8-21)18(24)19(2,3)17(23)20-12-14-5-6-15-16(11-14)26-13-25-15/h5-6,11H,4,7-10,12-13H2,1-3H3,(H,20,23). The van der Waals surface area contributed by atoms with E-state index in [9.17, 15) is 9.59 Å². The fourth-order valence-corrected chi connectivity index (χ4v) is 3.21. The summed E-state index contributed by atoms with van der Waals surface area (Å²) in [5, 5.41) is 2.88. The van der Waals surface area contributed by atoms with Crippen LogP contribution < -0.4 is 14.8 Å². The Labute approximate surface area is 154 Å². The number of ether oxygens (including phenoxy) is 2. The van der Waals surface area contributed by atoms with Crippen LogP contribution in [0.25, 0.3) is 0 Å². The molecule has 1 aromatic rings. The zero-order valence-corrected chi connectivity index (χ0v) is 15.7. The summed E-state index contributed by atoms with van der Waals surface area (Å²) in [6.45, 7) is 10.1. The molecule has 1 fully saturated rings. The van der Waals surface area contributed by atoms with E-state index in [1.165, 1.54) is 0 Å². The fourth-order valence-electron chi connectivity index (χ4n) is 3.21. The van der Waals surface area contributed by atoms with Gasteiger partial charge in [0.05, 0.1) is 0 Å². The van der Waals surface area contributed by atoms with Crippen molar-refractivity contribution in [2.45, 2.75) is 27.3 Å². The van der Waals surface area contributed by atoms with Gasteiger partial charge in [0.2, 0.25) is 18.6 Å². The van der Waals surface area contributed by atoms with E-state index >= 15 is 0 Å². The van der Waals surface area contributed by atoms with Crippen LogP contribution in [0.3, 0.4) is 0 Å². The number of nitrogens with one attached hydrogen (secondary N) is 1. The predicted molar refractivity (Wildman–Crippen MR) is 96.9 cm³/mol. The molecule has 0 aliphatic carbocycles. The van der Waals surface area contributed by atoms with Gasteiger partial charge in [-0.05, 0) is 38.1 Å². The van der Waals surface area contributed by atoms with Gasteiger partial charge in [-0.3, -0.25) is 9.59 Å². The molecule has 0 unspecified atom stereocenters. The van der Waals surface area contributed by atoms with Gasteiger partial charge in [0.1, 0.15) is 5.41 Å². The Morgan fingerprint density at radius 2 is 1.81 bits per heavy atom. The molecular formula is C19H27N3O4. The molecule has 0 radical (unpaired) electrons. The third-order valence-corrected chi connectivity index (χ3v) is 5.10. The quantitative estimate of drug-likeness (QED) is 0.799. The smallest absolute Gasteiger partial charge is 0.237 e. The molecule has 26 heavy (non-hydrogen) atoms. The summed E-state index contributed by atoms with van der Waals surface area (Å²) in [6, 6.07) is 5.56. The van der Waals surface area contributed by atoms with E-state index in [1.54, 1.807) is 18.7 Å². The van der Waals surface area contributed by atoms with Crippen molar-refractivity contribution in [2.75, 3.05) is 39.5 Å². The third kappa shape index (κ3) is 3.77. The van der Waals surface area contributed by atoms with Crippen molar-refractivity contribution in [3.8, 4) is 11.5 Å². The molecule has 3 rings (SSSR count). The van der Waals surface area contributed by atoms with Gasteiger partial charge in [-0.15, -0.1) is 0 Å². The summed E-state index contributed by atoms with van der Waals surface area (Å²) in [5.74, 6) is 1.01. The molecule has 2 amide bonds. The van der Waals surface area contributed by atoms with Crippen molar-refractivity contribution in [3.05, 3.63) is 23.8 Å². The number of fused-ring (bicyclic) bond motifs is 1. The molecule has 0 atom stereocenters. The van der Waals surface area contributed by atoms with Crippen LogP contribution in [0.2, 0.25) is 0 Å². The van der Waals surface area contributed by atoms with Gasteiger partial charge in [-0.2, -0.15) is 0 Å². The third-order valence-electron chi connectivity index (χ3n) is 5.10. The molecular weight excluding hydrogens is 334 g/mol. The molecule has 1 N–H and O–H groups in total. The second kappa shape index (κ2) is 7.53. The molecule has 7 nitrogen and oxygen atoms in total. The minimum Gasteiger partial charge on any atom is -0.454 e. The number of likely N-dealkylation sites (N-methyl/N-ethyl adjacent to an activating group) is 1. The first-order valence-corrected chi connectivity index (χ1v) is 9.10. The minimum atomic E-state index is -1.09. The molecule has 0 spiro atoms. The van der Waals surface area contributed by atoms with Crippen LogP contribution in [0.1, 0.15) is 26.3 Å². The lowest BCUT2D eigenvalue weighted by molar-refractivity contribution is -0.149. The van der Waals surface area contributed by atoms with E-state index in [1.807, 2.05) is 18.2 Å². The van der Waals surface area contributed by atoms with Crippen LogP contribution in [0.4, 0.5) is 0 Å². The van der Waals surface area contributed by atoms with Gasteiger partial charge in [-0.25, -0.2) is 0 Å². The Kier molecular flexibility index (Phi) is 5.36. The molecule has 2 aliphatic heterocycles. The highest BCUT2D eigenvalue weighted by atomic mass is 16.7. The van der Waals surface area contributed by atoms with Crippen molar-refractivity contribution in [3.63, 3.8) is 0 Å². The molecule has 0 aromatic heterocycles. The number of hydrogen-bond acceptors (Lipinski definition) is 5. The maximum atomic E-state index is 12.8. The van der Waals surface area contributed by atoms with Crippen LogP contribution in [0.15, 0.2) is 18.2 Å². The molecule has 0 saturated carbocycles. The summed E-state index contributed by atoms with van der Waals surface area (Å²) in [5.41, 5.74) is -0.188. The zero-order chi connectivity index (χ0) is 18.7. The number of piperazine rings is 1. The van der Waals surface area contributed by atoms with Crippen molar-refractivity contribution < 1.29 is 19.1 Å². The summed E-state index contributed by atoms with van der Waals surface area (Å²) < 4.78 is 10.6. The number of benzene rings is 1. The van der Waals surface area contributed by atoms with E-state index in [0.29, 0.717) is 31.1 Å². The summed E-state index contributed by atoms with van der Waals surface area (Å²) in [6.07, 6.45) is 0. The topological polar surface area (TPSA) is 71.1 Å². The van der Waals surface area contributed by atoms with Crippen LogP contribution >= 0.6 is 0 Å². The number of nitrogens with zero attached hydrogens (tertiary/aromatic N) is 2. The second-order valence-corrected chi connectivity index (χ2v) is 7.22. The predicted octanol–water partition coefficient (Wildman–Crippen LogP) is 1.22. The van der Waals surface area contributed by atoms with Gasteiger partial charge in [0.15, 0.2) is 11.5 Å². The molecule has 2 aliphatic rings. The average molecular weight is 361 g/mol. The van der Waals surface area contributed by atoms with E-state index < -0.39 is 5.41 Å². The number of hydrogen-bond donors (Lipinski definition) is 1. The van der Waals surface area contributed by atoms with Gasteiger partial charge < -0.3 is 24.6 Å². The van der Waals surface area contributed by atoms with Crippen molar-refractivity contribution in [2.24, 2.45) is 5.41 Å². The molecule has 142 valence electrons. The van der Waals surface area contributed by atoms with Crippen LogP contribution in [0, 0.1) is 5.41 Å². The lowest BCUT2D eigenvalue weighted by atomic mass is 9.90. The van der Waals surface area contributed by atoms with Gasteiger partial charge >= 0.3 is 0 Å². The second-order valence-electron chi connectivity index (χ2n) is 7.22. The number of rotatable bonds is 5. The monoisotopic (exact) mass is 361 g/mol. The van der Waals surface area contributed by atoms with Crippen molar-refractivity contribution >= 4 is 11.8 Å². The molecule has 0 bridgehead atoms. The lowest BCUT2D eigenvalue weighted by Gasteiger charge is -2.37. The number of carbonyl (C=O) groups excluding carboxylic acids is 2. The minimum absolute atomic E-state index is 0.114. The Balaban J connectivity index is 1.56. The molecule has 1 aromatic carbocycles. The molecule has 1 saturated heterocycles. The first-order valence-electron chi connectivity index (χ1n) is 9.10. The maximum absolute atomic E-state index is 12.8. The van der Waals surface area contributed by atoms with Gasteiger partial charge in [-0.1, -0.05) is 13.0 Å². The van der Waals surface area contributed by atoms with Crippen molar-refractivity contribution in [1.82, 2.24) is 15.1 Å². The first kappa shape index (κ1) is 18.5. The van der Waals surface area contributed by atoms with Crippen molar-refractivity contribution in [1.29, 1.82) is 0 Å². The number of carbonyl (C=O) groups is 2. The number of amides is 2. The van der Waals surface area contributed by atoms with Gasteiger partial charge in [0, 0.05) is 32.7 Å². The fraction of sp³-hybridized carbons (Fsp3) is 0.579. The highest BCUT2D eigenvalue weighted by Gasteiger charge is 2.39. The first-order chi connectivity index (χ1) is 12.4. The van der Waals surface area contributed by atoms with Crippen LogP contribution in [-0.4, -0.2) is 61.1 Å². The average Bonchev–Trinajstić information content (AvgIpc) is 3.13. The highest BCUT2D eigenvalue weighted by Crippen LogP contribution is 2.32. The lowest BCUT2D eigenvalue weighted by Crippen LogP contribution is -2.55. The van der Waals surface area contributed by atoms with E-state index in [4.69, 9.17) is 9.47 Å². The summed E-state index contributed by atoms with van der Waals surface area (Å²) >= 11 is 0.